The molecule has 0 bridgehead atoms. The van der Waals surface area contributed by atoms with E-state index in [4.69, 9.17) is 5.73 Å². The van der Waals surface area contributed by atoms with Crippen molar-refractivity contribution in [3.05, 3.63) is 35.9 Å². The first kappa shape index (κ1) is 16.0. The molecular weight excluding hydrogens is 262 g/mol. The van der Waals surface area contributed by atoms with Crippen molar-refractivity contribution >= 4 is 5.91 Å². The molecule has 1 aliphatic heterocycles. The second-order valence-corrected chi connectivity index (χ2v) is 6.37. The number of benzene rings is 1. The van der Waals surface area contributed by atoms with Gasteiger partial charge < -0.3 is 10.6 Å². The van der Waals surface area contributed by atoms with Gasteiger partial charge in [0.2, 0.25) is 5.91 Å². The van der Waals surface area contributed by atoms with Crippen LogP contribution >= 0.6 is 0 Å². The van der Waals surface area contributed by atoms with E-state index in [0.717, 1.165) is 32.6 Å². The molecule has 1 saturated heterocycles. The van der Waals surface area contributed by atoms with Gasteiger partial charge in [-0.15, -0.1) is 0 Å². The second-order valence-electron chi connectivity index (χ2n) is 6.37. The van der Waals surface area contributed by atoms with E-state index >= 15 is 0 Å². The van der Waals surface area contributed by atoms with Gasteiger partial charge in [-0.3, -0.25) is 9.69 Å². The van der Waals surface area contributed by atoms with Crippen LogP contribution in [-0.2, 0) is 11.2 Å². The molecule has 2 rings (SSSR count). The van der Waals surface area contributed by atoms with Gasteiger partial charge in [0.25, 0.3) is 0 Å². The molecule has 1 amide bonds. The third-order valence-corrected chi connectivity index (χ3v) is 4.46. The molecule has 1 fully saturated rings. The summed E-state index contributed by atoms with van der Waals surface area (Å²) < 4.78 is 0. The van der Waals surface area contributed by atoms with Crippen LogP contribution in [0.2, 0.25) is 0 Å². The molecule has 0 atom stereocenters. The fraction of sp³-hybridized carbons (Fsp3) is 0.588. The number of nitrogens with two attached hydrogens (primary N) is 1. The van der Waals surface area contributed by atoms with E-state index in [-0.39, 0.29) is 11.4 Å². The van der Waals surface area contributed by atoms with Crippen LogP contribution in [0, 0.1) is 0 Å². The summed E-state index contributed by atoms with van der Waals surface area (Å²) in [7, 11) is 0. The largest absolute Gasteiger partial charge is 0.340 e. The van der Waals surface area contributed by atoms with E-state index in [2.05, 4.69) is 30.9 Å². The highest BCUT2D eigenvalue weighted by Gasteiger charge is 2.29. The number of rotatable bonds is 5. The number of hydrogen-bond acceptors (Lipinski definition) is 3. The van der Waals surface area contributed by atoms with Crippen LogP contribution in [0.3, 0.4) is 0 Å². The summed E-state index contributed by atoms with van der Waals surface area (Å²) in [6.07, 6.45) is 1.43. The number of nitrogens with zero attached hydrogens (tertiary/aromatic N) is 2. The quantitative estimate of drug-likeness (QED) is 0.894. The number of carbonyl (C=O) groups excluding carboxylic acids is 1. The van der Waals surface area contributed by atoms with Crippen molar-refractivity contribution in [2.24, 2.45) is 5.73 Å². The molecule has 0 radical (unpaired) electrons. The Labute approximate surface area is 127 Å². The Morgan fingerprint density at radius 1 is 1.14 bits per heavy atom. The molecule has 0 aliphatic carbocycles. The summed E-state index contributed by atoms with van der Waals surface area (Å²) in [6, 6.07) is 10.2. The Morgan fingerprint density at radius 3 is 2.33 bits per heavy atom. The third-order valence-electron chi connectivity index (χ3n) is 4.46. The molecule has 1 heterocycles. The second kappa shape index (κ2) is 7.05. The topological polar surface area (TPSA) is 49.6 Å². The molecule has 4 nitrogen and oxygen atoms in total. The monoisotopic (exact) mass is 289 g/mol. The summed E-state index contributed by atoms with van der Waals surface area (Å²) in [5.41, 5.74) is 7.08. The number of carbonyl (C=O) groups is 1. The molecule has 1 aromatic rings. The zero-order valence-electron chi connectivity index (χ0n) is 13.2. The molecular formula is C17H27N3O. The molecule has 21 heavy (non-hydrogen) atoms. The van der Waals surface area contributed by atoms with Crippen molar-refractivity contribution in [1.29, 1.82) is 0 Å². The van der Waals surface area contributed by atoms with Crippen LogP contribution in [0.4, 0.5) is 0 Å². The van der Waals surface area contributed by atoms with Gasteiger partial charge in [0.05, 0.1) is 0 Å². The highest BCUT2D eigenvalue weighted by Crippen LogP contribution is 2.16. The van der Waals surface area contributed by atoms with Crippen molar-refractivity contribution in [1.82, 2.24) is 9.80 Å². The average molecular weight is 289 g/mol. The lowest BCUT2D eigenvalue weighted by Crippen LogP contribution is -2.58. The lowest BCUT2D eigenvalue weighted by Gasteiger charge is -2.43. The van der Waals surface area contributed by atoms with Crippen molar-refractivity contribution in [3.8, 4) is 0 Å². The Bertz CT molecular complexity index is 450. The highest BCUT2D eigenvalue weighted by atomic mass is 16.2. The fourth-order valence-electron chi connectivity index (χ4n) is 2.74. The van der Waals surface area contributed by atoms with E-state index in [1.807, 2.05) is 23.1 Å². The predicted molar refractivity (Wildman–Crippen MR) is 86.0 cm³/mol. The number of aryl methyl sites for hydroxylation is 1. The van der Waals surface area contributed by atoms with Crippen molar-refractivity contribution in [3.63, 3.8) is 0 Å². The Kier molecular flexibility index (Phi) is 5.37. The van der Waals surface area contributed by atoms with Gasteiger partial charge >= 0.3 is 0 Å². The minimum absolute atomic E-state index is 0.0270. The molecule has 2 N–H and O–H groups in total. The van der Waals surface area contributed by atoms with Gasteiger partial charge in [0, 0.05) is 44.7 Å². The number of amides is 1. The number of piperazine rings is 1. The van der Waals surface area contributed by atoms with E-state index < -0.39 is 0 Å². The Hall–Kier alpha value is -1.39. The normalized spacial score (nSPS) is 17.0. The molecule has 0 aromatic heterocycles. The van der Waals surface area contributed by atoms with Crippen LogP contribution in [-0.4, -0.2) is 54.0 Å². The molecule has 0 saturated carbocycles. The lowest BCUT2D eigenvalue weighted by molar-refractivity contribution is -0.133. The van der Waals surface area contributed by atoms with E-state index in [1.54, 1.807) is 0 Å². The van der Waals surface area contributed by atoms with Gasteiger partial charge in [-0.25, -0.2) is 0 Å². The molecule has 1 aliphatic rings. The zero-order chi connectivity index (χ0) is 15.3. The predicted octanol–water partition coefficient (Wildman–Crippen LogP) is 1.50. The maximum absolute atomic E-state index is 12.3. The standard InChI is InChI=1S/C17H27N3O/c1-17(2,14-18)20-12-10-19(11-13-20)16(21)9-8-15-6-4-3-5-7-15/h3-7H,8-14,18H2,1-2H3. The van der Waals surface area contributed by atoms with Gasteiger partial charge in [-0.2, -0.15) is 0 Å². The van der Waals surface area contributed by atoms with Crippen LogP contribution in [0.15, 0.2) is 30.3 Å². The van der Waals surface area contributed by atoms with Gasteiger partial charge in [0.15, 0.2) is 0 Å². The van der Waals surface area contributed by atoms with Crippen LogP contribution in [0.5, 0.6) is 0 Å². The molecule has 116 valence electrons. The Morgan fingerprint density at radius 2 is 1.76 bits per heavy atom. The van der Waals surface area contributed by atoms with Crippen molar-refractivity contribution in [2.45, 2.75) is 32.2 Å². The SMILES string of the molecule is CC(C)(CN)N1CCN(C(=O)CCc2ccccc2)CC1. The first-order valence-electron chi connectivity index (χ1n) is 7.80. The van der Waals surface area contributed by atoms with E-state index in [9.17, 15) is 4.79 Å². The Balaban J connectivity index is 1.78. The minimum Gasteiger partial charge on any atom is -0.340 e. The summed E-state index contributed by atoms with van der Waals surface area (Å²) in [5.74, 6) is 0.268. The highest BCUT2D eigenvalue weighted by molar-refractivity contribution is 5.76. The van der Waals surface area contributed by atoms with Gasteiger partial charge in [-0.05, 0) is 25.8 Å². The smallest absolute Gasteiger partial charge is 0.222 e. The summed E-state index contributed by atoms with van der Waals surface area (Å²) >= 11 is 0. The summed E-state index contributed by atoms with van der Waals surface area (Å²) in [5, 5.41) is 0. The van der Waals surface area contributed by atoms with Crippen molar-refractivity contribution < 1.29 is 4.79 Å². The van der Waals surface area contributed by atoms with Crippen LogP contribution < -0.4 is 5.73 Å². The van der Waals surface area contributed by atoms with Gasteiger partial charge in [-0.1, -0.05) is 30.3 Å². The van der Waals surface area contributed by atoms with Crippen LogP contribution in [0.25, 0.3) is 0 Å². The summed E-state index contributed by atoms with van der Waals surface area (Å²) in [6.45, 7) is 8.45. The maximum Gasteiger partial charge on any atom is 0.222 e. The minimum atomic E-state index is 0.0270. The zero-order valence-corrected chi connectivity index (χ0v) is 13.2. The summed E-state index contributed by atoms with van der Waals surface area (Å²) in [4.78, 5) is 16.7. The number of hydrogen-bond donors (Lipinski definition) is 1. The van der Waals surface area contributed by atoms with E-state index in [1.165, 1.54) is 5.56 Å². The van der Waals surface area contributed by atoms with E-state index in [0.29, 0.717) is 13.0 Å². The van der Waals surface area contributed by atoms with Gasteiger partial charge in [0.1, 0.15) is 0 Å². The third kappa shape index (κ3) is 4.29. The molecule has 0 unspecified atom stereocenters. The first-order chi connectivity index (χ1) is 10.0. The molecule has 4 heteroatoms. The lowest BCUT2D eigenvalue weighted by atomic mass is 10.0. The molecule has 1 aromatic carbocycles. The fourth-order valence-corrected chi connectivity index (χ4v) is 2.74. The average Bonchev–Trinajstić information content (AvgIpc) is 2.53. The van der Waals surface area contributed by atoms with Crippen molar-refractivity contribution in [2.75, 3.05) is 32.7 Å². The molecule has 0 spiro atoms. The first-order valence-corrected chi connectivity index (χ1v) is 7.80. The van der Waals surface area contributed by atoms with Crippen LogP contribution in [0.1, 0.15) is 25.8 Å². The maximum atomic E-state index is 12.3.